The van der Waals surface area contributed by atoms with Gasteiger partial charge in [0.1, 0.15) is 0 Å². The molecule has 0 bridgehead atoms. The molecule has 1 saturated heterocycles. The van der Waals surface area contributed by atoms with E-state index in [9.17, 15) is 13.6 Å². The smallest absolute Gasteiger partial charge is 0.261 e. The lowest BCUT2D eigenvalue weighted by atomic mass is 9.74. The molecule has 0 saturated carbocycles. The highest BCUT2D eigenvalue weighted by atomic mass is 35.5. The van der Waals surface area contributed by atoms with Gasteiger partial charge in [0, 0.05) is 29.2 Å². The Hall–Kier alpha value is -2.76. The molecule has 3 aromatic carbocycles. The summed E-state index contributed by atoms with van der Waals surface area (Å²) in [6.07, 6.45) is 1.71. The van der Waals surface area contributed by atoms with Crippen LogP contribution in [0.15, 0.2) is 60.7 Å². The third kappa shape index (κ3) is 4.55. The Balaban J connectivity index is 1.35. The molecule has 1 spiro atoms. The highest BCUT2D eigenvalue weighted by molar-refractivity contribution is 6.30. The van der Waals surface area contributed by atoms with Gasteiger partial charge < -0.3 is 4.90 Å². The molecule has 36 heavy (non-hydrogen) atoms. The van der Waals surface area contributed by atoms with E-state index in [0.29, 0.717) is 11.6 Å². The second-order valence-corrected chi connectivity index (χ2v) is 11.6. The van der Waals surface area contributed by atoms with Crippen molar-refractivity contribution in [3.05, 3.63) is 99.6 Å². The van der Waals surface area contributed by atoms with Crippen LogP contribution in [0, 0.1) is 11.6 Å². The van der Waals surface area contributed by atoms with Crippen molar-refractivity contribution in [3.8, 4) is 0 Å². The second kappa shape index (κ2) is 9.28. The molecule has 2 aliphatic rings. The zero-order valence-electron chi connectivity index (χ0n) is 21.0. The summed E-state index contributed by atoms with van der Waals surface area (Å²) in [5.74, 6) is -2.64. The molecule has 3 nitrogen and oxygen atoms in total. The number of hydrogen-bond acceptors (Lipinski definition) is 2. The monoisotopic (exact) mass is 508 g/mol. The zero-order chi connectivity index (χ0) is 25.7. The van der Waals surface area contributed by atoms with Crippen LogP contribution in [0.25, 0.3) is 0 Å². The summed E-state index contributed by atoms with van der Waals surface area (Å²) in [7, 11) is 0. The largest absolute Gasteiger partial charge is 0.307 e. The second-order valence-electron chi connectivity index (χ2n) is 11.2. The van der Waals surface area contributed by atoms with Gasteiger partial charge in [0.25, 0.3) is 5.91 Å². The number of anilines is 1. The van der Waals surface area contributed by atoms with Gasteiger partial charge in [0.2, 0.25) is 0 Å². The molecule has 0 aliphatic carbocycles. The summed E-state index contributed by atoms with van der Waals surface area (Å²) in [5.41, 5.74) is 3.99. The fraction of sp³-hybridized carbons (Fsp3) is 0.367. The van der Waals surface area contributed by atoms with Crippen LogP contribution in [0.4, 0.5) is 14.5 Å². The molecule has 1 amide bonds. The van der Waals surface area contributed by atoms with E-state index < -0.39 is 17.5 Å². The lowest BCUT2D eigenvalue weighted by molar-refractivity contribution is 0.0970. The number of rotatable bonds is 3. The van der Waals surface area contributed by atoms with Crippen molar-refractivity contribution in [1.29, 1.82) is 0 Å². The minimum atomic E-state index is -1.11. The highest BCUT2D eigenvalue weighted by Gasteiger charge is 2.47. The lowest BCUT2D eigenvalue weighted by Gasteiger charge is -2.40. The molecule has 1 fully saturated rings. The maximum Gasteiger partial charge on any atom is 0.261 e. The molecule has 6 heteroatoms. The Morgan fingerprint density at radius 2 is 1.69 bits per heavy atom. The maximum absolute atomic E-state index is 14.5. The number of benzene rings is 3. The molecule has 188 valence electrons. The quantitative estimate of drug-likeness (QED) is 0.376. The summed E-state index contributed by atoms with van der Waals surface area (Å²) in [6, 6.07) is 18.1. The first-order valence-corrected chi connectivity index (χ1v) is 12.8. The van der Waals surface area contributed by atoms with E-state index in [1.807, 2.05) is 12.1 Å². The van der Waals surface area contributed by atoms with Gasteiger partial charge in [-0.25, -0.2) is 8.78 Å². The van der Waals surface area contributed by atoms with Crippen LogP contribution in [0.3, 0.4) is 0 Å². The fourth-order valence-electron chi connectivity index (χ4n) is 5.57. The molecule has 0 N–H and O–H groups in total. The third-order valence-corrected chi connectivity index (χ3v) is 7.98. The Kier molecular flexibility index (Phi) is 6.42. The molecule has 5 rings (SSSR count). The Bertz CT molecular complexity index is 1290. The summed E-state index contributed by atoms with van der Waals surface area (Å²) in [5, 5.41) is 0.612. The van der Waals surface area contributed by atoms with Crippen LogP contribution in [-0.4, -0.2) is 30.4 Å². The first-order valence-electron chi connectivity index (χ1n) is 12.5. The number of hydrogen-bond donors (Lipinski definition) is 0. The lowest BCUT2D eigenvalue weighted by Crippen LogP contribution is -2.45. The van der Waals surface area contributed by atoms with Crippen LogP contribution in [0.2, 0.25) is 5.02 Å². The predicted octanol–water partition coefficient (Wildman–Crippen LogP) is 7.11. The van der Waals surface area contributed by atoms with Gasteiger partial charge in [-0.2, -0.15) is 0 Å². The molecule has 2 aliphatic heterocycles. The molecule has 0 radical (unpaired) electrons. The number of fused-ring (bicyclic) bond motifs is 2. The molecule has 0 unspecified atom stereocenters. The van der Waals surface area contributed by atoms with Crippen LogP contribution in [-0.2, 0) is 17.4 Å². The van der Waals surface area contributed by atoms with Crippen molar-refractivity contribution >= 4 is 23.2 Å². The van der Waals surface area contributed by atoms with E-state index in [1.54, 1.807) is 11.0 Å². The van der Waals surface area contributed by atoms with Crippen LogP contribution < -0.4 is 4.90 Å². The van der Waals surface area contributed by atoms with Crippen LogP contribution in [0.5, 0.6) is 0 Å². The number of amides is 1. The average molecular weight is 509 g/mol. The predicted molar refractivity (Wildman–Crippen MR) is 141 cm³/mol. The van der Waals surface area contributed by atoms with Crippen molar-refractivity contribution in [2.24, 2.45) is 0 Å². The molecule has 3 aromatic rings. The van der Waals surface area contributed by atoms with Crippen LogP contribution in [0.1, 0.15) is 60.7 Å². The van der Waals surface area contributed by atoms with E-state index in [1.165, 1.54) is 23.3 Å². The first kappa shape index (κ1) is 24.9. The fourth-order valence-corrected chi connectivity index (χ4v) is 5.74. The van der Waals surface area contributed by atoms with Gasteiger partial charge in [-0.1, -0.05) is 62.7 Å². The van der Waals surface area contributed by atoms with Gasteiger partial charge in [-0.05, 0) is 78.4 Å². The van der Waals surface area contributed by atoms with Crippen molar-refractivity contribution in [3.63, 3.8) is 0 Å². The van der Waals surface area contributed by atoms with Gasteiger partial charge in [-0.3, -0.25) is 9.69 Å². The van der Waals surface area contributed by atoms with Gasteiger partial charge in [0.15, 0.2) is 11.6 Å². The minimum absolute atomic E-state index is 0.130. The van der Waals surface area contributed by atoms with Gasteiger partial charge in [-0.15, -0.1) is 0 Å². The summed E-state index contributed by atoms with van der Waals surface area (Å²) in [6.45, 7) is 9.72. The summed E-state index contributed by atoms with van der Waals surface area (Å²) in [4.78, 5) is 17.4. The van der Waals surface area contributed by atoms with Crippen molar-refractivity contribution in [2.45, 2.75) is 51.0 Å². The maximum atomic E-state index is 14.5. The molecular formula is C30H31ClF2N2O. The Labute approximate surface area is 216 Å². The van der Waals surface area contributed by atoms with E-state index in [0.717, 1.165) is 49.8 Å². The molecule has 0 aromatic heterocycles. The number of carbonyl (C=O) groups is 1. The van der Waals surface area contributed by atoms with Crippen molar-refractivity contribution in [1.82, 2.24) is 4.90 Å². The van der Waals surface area contributed by atoms with Crippen molar-refractivity contribution in [2.75, 3.05) is 24.5 Å². The van der Waals surface area contributed by atoms with Crippen molar-refractivity contribution < 1.29 is 13.6 Å². The van der Waals surface area contributed by atoms with E-state index in [-0.39, 0.29) is 16.4 Å². The molecule has 2 heterocycles. The third-order valence-electron chi connectivity index (χ3n) is 7.75. The van der Waals surface area contributed by atoms with Gasteiger partial charge >= 0.3 is 0 Å². The van der Waals surface area contributed by atoms with Crippen LogP contribution >= 0.6 is 11.6 Å². The average Bonchev–Trinajstić information content (AvgIpc) is 3.15. The first-order chi connectivity index (χ1) is 17.1. The highest BCUT2D eigenvalue weighted by Crippen LogP contribution is 2.48. The summed E-state index contributed by atoms with van der Waals surface area (Å²) < 4.78 is 28.3. The molecule has 0 atom stereocenters. The van der Waals surface area contributed by atoms with E-state index in [4.69, 9.17) is 11.6 Å². The number of piperidine rings is 1. The number of nitrogens with zero attached hydrogens (tertiary/aromatic N) is 2. The number of carbonyl (C=O) groups excluding carboxylic acids is 1. The SMILES string of the molecule is CC(C)(C)c1ccc(CN2CCC3(CC2)CN(C(=O)c2cccc(F)c2F)c2ccc(Cl)cc23)cc1. The molecular weight excluding hydrogens is 478 g/mol. The van der Waals surface area contributed by atoms with E-state index in [2.05, 4.69) is 49.9 Å². The normalized spacial score (nSPS) is 17.4. The summed E-state index contributed by atoms with van der Waals surface area (Å²) >= 11 is 6.37. The Morgan fingerprint density at radius 1 is 1.00 bits per heavy atom. The van der Waals surface area contributed by atoms with Gasteiger partial charge in [0.05, 0.1) is 5.56 Å². The standard InChI is InChI=1S/C30H31ClF2N2O/c1-29(2,3)21-9-7-20(8-10-21)18-34-15-13-30(14-16-34)19-35(26-12-11-22(31)17-24(26)30)28(36)23-5-4-6-25(32)27(23)33/h4-12,17H,13-16,18-19H2,1-3H3. The zero-order valence-corrected chi connectivity index (χ0v) is 21.7. The number of halogens is 3. The van der Waals surface area contributed by atoms with E-state index >= 15 is 0 Å². The number of likely N-dealkylation sites (tertiary alicyclic amines) is 1. The Morgan fingerprint density at radius 3 is 2.36 bits per heavy atom. The minimum Gasteiger partial charge on any atom is -0.307 e. The topological polar surface area (TPSA) is 23.6 Å².